The number of quaternary nitrogens is 1. The molecule has 0 spiro atoms. The quantitative estimate of drug-likeness (QED) is 0.766. The summed E-state index contributed by atoms with van der Waals surface area (Å²) in [6, 6.07) is 3.72. The van der Waals surface area contributed by atoms with Crippen molar-refractivity contribution in [3.05, 3.63) is 17.5 Å². The number of nitrogens with zero attached hydrogens (tertiary/aromatic N) is 1. The maximum absolute atomic E-state index is 12.5. The number of hydrogen-bond acceptors (Lipinski definition) is 4. The fourth-order valence-corrected chi connectivity index (χ4v) is 6.36. The zero-order valence-electron chi connectivity index (χ0n) is 14.7. The Bertz CT molecular complexity index is 667. The normalized spacial score (nSPS) is 26.4. The zero-order valence-corrected chi connectivity index (χ0v) is 16.4. The van der Waals surface area contributed by atoms with Crippen molar-refractivity contribution in [1.29, 1.82) is 0 Å². The number of nitrogens with one attached hydrogen (secondary N) is 2. The van der Waals surface area contributed by atoms with Crippen LogP contribution >= 0.6 is 11.3 Å². The third-order valence-corrected chi connectivity index (χ3v) is 8.66. The van der Waals surface area contributed by atoms with E-state index in [4.69, 9.17) is 0 Å². The minimum atomic E-state index is -3.36. The van der Waals surface area contributed by atoms with E-state index in [1.165, 1.54) is 35.5 Å². The number of carbonyl (C=O) groups excluding carboxylic acids is 1. The highest BCUT2D eigenvalue weighted by Gasteiger charge is 2.32. The Balaban J connectivity index is 1.47. The van der Waals surface area contributed by atoms with Crippen molar-refractivity contribution in [3.63, 3.8) is 0 Å². The zero-order chi connectivity index (χ0) is 17.9. The van der Waals surface area contributed by atoms with E-state index in [-0.39, 0.29) is 5.91 Å². The van der Waals surface area contributed by atoms with Crippen molar-refractivity contribution in [2.75, 3.05) is 32.7 Å². The summed E-state index contributed by atoms with van der Waals surface area (Å²) in [5, 5.41) is 4.97. The van der Waals surface area contributed by atoms with E-state index in [2.05, 4.69) is 12.2 Å². The van der Waals surface area contributed by atoms with Gasteiger partial charge in [0.2, 0.25) is 0 Å². The molecule has 0 radical (unpaired) electrons. The number of sulfonamides is 1. The van der Waals surface area contributed by atoms with Crippen molar-refractivity contribution < 1.29 is 18.1 Å². The first-order valence-corrected chi connectivity index (χ1v) is 11.5. The lowest BCUT2D eigenvalue weighted by atomic mass is 9.86. The lowest BCUT2D eigenvalue weighted by Gasteiger charge is -2.32. The van der Waals surface area contributed by atoms with Gasteiger partial charge in [0, 0.05) is 6.04 Å². The van der Waals surface area contributed by atoms with E-state index >= 15 is 0 Å². The van der Waals surface area contributed by atoms with E-state index < -0.39 is 10.0 Å². The molecule has 0 unspecified atom stereocenters. The number of piperazine rings is 1. The molecule has 1 saturated heterocycles. The van der Waals surface area contributed by atoms with E-state index in [0.29, 0.717) is 48.9 Å². The number of carbonyl (C=O) groups is 1. The Morgan fingerprint density at radius 2 is 2.04 bits per heavy atom. The van der Waals surface area contributed by atoms with E-state index in [1.54, 1.807) is 21.8 Å². The maximum Gasteiger partial charge on any atom is 0.275 e. The molecule has 0 aromatic carbocycles. The fraction of sp³-hybridized carbons (Fsp3) is 0.706. The first kappa shape index (κ1) is 18.8. The van der Waals surface area contributed by atoms with Gasteiger partial charge in [-0.15, -0.1) is 11.3 Å². The first-order valence-electron chi connectivity index (χ1n) is 9.13. The summed E-state index contributed by atoms with van der Waals surface area (Å²) < 4.78 is 27.0. The minimum Gasteiger partial charge on any atom is -0.348 e. The lowest BCUT2D eigenvalue weighted by Crippen LogP contribution is -3.15. The van der Waals surface area contributed by atoms with Crippen LogP contribution < -0.4 is 10.2 Å². The molecule has 1 aliphatic heterocycles. The molecule has 25 heavy (non-hydrogen) atoms. The van der Waals surface area contributed by atoms with Crippen LogP contribution in [-0.2, 0) is 14.8 Å². The Labute approximate surface area is 154 Å². The monoisotopic (exact) mass is 386 g/mol. The Morgan fingerprint density at radius 3 is 2.68 bits per heavy atom. The topological polar surface area (TPSA) is 70.9 Å². The molecular formula is C17H28N3O3S2+. The van der Waals surface area contributed by atoms with Crippen molar-refractivity contribution in [1.82, 2.24) is 9.62 Å². The standard InChI is InChI=1S/C17H27N3O3S2/c1-14-5-2-3-6-15(14)18-16(21)13-19-8-10-20(11-9-19)25(22,23)17-7-4-12-24-17/h4,7,12,14-15H,2-3,5-6,8-11,13H2,1H3,(H,18,21)/p+1/t14-,15+/m0/s1. The molecule has 1 aromatic rings. The van der Waals surface area contributed by atoms with Gasteiger partial charge in [-0.25, -0.2) is 8.42 Å². The van der Waals surface area contributed by atoms with Crippen molar-refractivity contribution in [2.24, 2.45) is 5.92 Å². The molecule has 1 amide bonds. The van der Waals surface area contributed by atoms with Crippen molar-refractivity contribution >= 4 is 27.3 Å². The van der Waals surface area contributed by atoms with Gasteiger partial charge in [-0.2, -0.15) is 4.31 Å². The molecule has 1 aromatic heterocycles. The molecule has 2 atom stereocenters. The molecule has 2 aliphatic rings. The van der Waals surface area contributed by atoms with Gasteiger partial charge in [-0.3, -0.25) is 4.79 Å². The smallest absolute Gasteiger partial charge is 0.275 e. The molecule has 2 fully saturated rings. The summed E-state index contributed by atoms with van der Waals surface area (Å²) in [6.45, 7) is 4.96. The van der Waals surface area contributed by atoms with Crippen LogP contribution in [0, 0.1) is 5.92 Å². The fourth-order valence-electron chi connectivity index (χ4n) is 3.77. The lowest BCUT2D eigenvalue weighted by molar-refractivity contribution is -0.895. The van der Waals surface area contributed by atoms with Crippen LogP contribution in [0.25, 0.3) is 0 Å². The van der Waals surface area contributed by atoms with Gasteiger partial charge < -0.3 is 10.2 Å². The van der Waals surface area contributed by atoms with E-state index in [9.17, 15) is 13.2 Å². The van der Waals surface area contributed by atoms with Crippen LogP contribution in [-0.4, -0.2) is 57.4 Å². The maximum atomic E-state index is 12.5. The van der Waals surface area contributed by atoms with E-state index in [1.807, 2.05) is 0 Å². The summed E-state index contributed by atoms with van der Waals surface area (Å²) in [6.07, 6.45) is 4.73. The molecule has 2 heterocycles. The summed E-state index contributed by atoms with van der Waals surface area (Å²) in [7, 11) is -3.36. The predicted molar refractivity (Wildman–Crippen MR) is 98.2 cm³/mol. The molecule has 0 bridgehead atoms. The molecule has 1 aliphatic carbocycles. The molecule has 6 nitrogen and oxygen atoms in total. The van der Waals surface area contributed by atoms with Crippen LogP contribution in [0.3, 0.4) is 0 Å². The second kappa shape index (κ2) is 8.16. The number of amides is 1. The number of rotatable bonds is 5. The minimum absolute atomic E-state index is 0.100. The average molecular weight is 387 g/mol. The SMILES string of the molecule is C[C@H]1CCCC[C@H]1NC(=O)C[NH+]1CCN(S(=O)(=O)c2cccs2)CC1. The number of hydrogen-bond donors (Lipinski definition) is 2. The van der Waals surface area contributed by atoms with Crippen LogP contribution in [0.2, 0.25) is 0 Å². The summed E-state index contributed by atoms with van der Waals surface area (Å²) >= 11 is 1.25. The average Bonchev–Trinajstić information content (AvgIpc) is 3.13. The van der Waals surface area contributed by atoms with Crippen LogP contribution in [0.15, 0.2) is 21.7 Å². The predicted octanol–water partition coefficient (Wildman–Crippen LogP) is 0.332. The summed E-state index contributed by atoms with van der Waals surface area (Å²) in [5.74, 6) is 0.656. The second-order valence-electron chi connectivity index (χ2n) is 7.20. The molecule has 3 rings (SSSR count). The van der Waals surface area contributed by atoms with Crippen molar-refractivity contribution in [3.8, 4) is 0 Å². The third kappa shape index (κ3) is 4.61. The van der Waals surface area contributed by atoms with E-state index in [0.717, 1.165) is 6.42 Å². The van der Waals surface area contributed by atoms with Crippen LogP contribution in [0.4, 0.5) is 0 Å². The molecule has 140 valence electrons. The summed E-state index contributed by atoms with van der Waals surface area (Å²) in [5.41, 5.74) is 0. The largest absolute Gasteiger partial charge is 0.348 e. The second-order valence-corrected chi connectivity index (χ2v) is 10.3. The molecule has 1 saturated carbocycles. The Hall–Kier alpha value is -0.960. The van der Waals surface area contributed by atoms with Gasteiger partial charge in [-0.05, 0) is 30.2 Å². The van der Waals surface area contributed by atoms with Crippen molar-refractivity contribution in [2.45, 2.75) is 42.9 Å². The van der Waals surface area contributed by atoms with Gasteiger partial charge in [0.05, 0.1) is 26.2 Å². The highest BCUT2D eigenvalue weighted by molar-refractivity contribution is 7.91. The first-order chi connectivity index (χ1) is 12.0. The van der Waals surface area contributed by atoms with Gasteiger partial charge in [0.25, 0.3) is 15.9 Å². The number of thiophene rings is 1. The Morgan fingerprint density at radius 1 is 1.32 bits per heavy atom. The molecular weight excluding hydrogens is 358 g/mol. The van der Waals surface area contributed by atoms with Gasteiger partial charge >= 0.3 is 0 Å². The third-order valence-electron chi connectivity index (χ3n) is 5.39. The van der Waals surface area contributed by atoms with Crippen LogP contribution in [0.5, 0.6) is 0 Å². The Kier molecular flexibility index (Phi) is 6.14. The van der Waals surface area contributed by atoms with Gasteiger partial charge in [-0.1, -0.05) is 25.8 Å². The molecule has 8 heteroatoms. The summed E-state index contributed by atoms with van der Waals surface area (Å²) in [4.78, 5) is 13.5. The van der Waals surface area contributed by atoms with Crippen LogP contribution in [0.1, 0.15) is 32.6 Å². The highest BCUT2D eigenvalue weighted by atomic mass is 32.2. The van der Waals surface area contributed by atoms with Gasteiger partial charge in [0.15, 0.2) is 6.54 Å². The highest BCUT2D eigenvalue weighted by Crippen LogP contribution is 2.23. The van der Waals surface area contributed by atoms with Gasteiger partial charge in [0.1, 0.15) is 4.21 Å². The molecule has 2 N–H and O–H groups in total.